The number of carbonyl (C=O) groups is 2. The molecule has 7 nitrogen and oxygen atoms in total. The maximum atomic E-state index is 12.4. The van der Waals surface area contributed by atoms with Crippen LogP contribution in [0.2, 0.25) is 0 Å². The van der Waals surface area contributed by atoms with E-state index in [-0.39, 0.29) is 24.6 Å². The molecule has 1 aliphatic rings. The van der Waals surface area contributed by atoms with E-state index in [0.29, 0.717) is 23.8 Å². The molecule has 0 aliphatic carbocycles. The van der Waals surface area contributed by atoms with Crippen LogP contribution in [0.4, 0.5) is 0 Å². The molecule has 4 rings (SSSR count). The van der Waals surface area contributed by atoms with E-state index in [1.54, 1.807) is 24.3 Å². The number of rotatable bonds is 5. The van der Waals surface area contributed by atoms with Gasteiger partial charge in [-0.3, -0.25) is 9.59 Å². The minimum atomic E-state index is -0.695. The Hall–Kier alpha value is -3.74. The molecule has 3 aromatic rings. The number of para-hydroxylation sites is 1. The summed E-state index contributed by atoms with van der Waals surface area (Å²) in [4.78, 5) is 36.6. The van der Waals surface area contributed by atoms with Crippen LogP contribution >= 0.6 is 0 Å². The second-order valence-corrected chi connectivity index (χ2v) is 6.67. The molecule has 0 saturated carbocycles. The van der Waals surface area contributed by atoms with Crippen molar-refractivity contribution in [1.29, 1.82) is 0 Å². The number of nitrogens with zero attached hydrogens (tertiary/aromatic N) is 2. The Morgan fingerprint density at radius 2 is 1.79 bits per heavy atom. The standard InChI is InChI=1S/C22H19N3O4/c26-20-11-10-18(15-6-2-1-3-7-15)24-25(20)13-12-23-21(27)17-14-16-8-4-5-9-19(16)29-22(17)28/h1-9,14H,10-13H2,(H,23,27). The highest BCUT2D eigenvalue weighted by atomic mass is 16.4. The first-order chi connectivity index (χ1) is 14.1. The highest BCUT2D eigenvalue weighted by molar-refractivity contribution is 6.04. The Balaban J connectivity index is 1.43. The number of hydrazone groups is 1. The van der Waals surface area contributed by atoms with E-state index in [9.17, 15) is 14.4 Å². The first kappa shape index (κ1) is 18.6. The van der Waals surface area contributed by atoms with E-state index in [0.717, 1.165) is 11.3 Å². The van der Waals surface area contributed by atoms with Crippen molar-refractivity contribution < 1.29 is 14.0 Å². The molecule has 2 aromatic carbocycles. The molecule has 2 amide bonds. The van der Waals surface area contributed by atoms with Crippen molar-refractivity contribution in [1.82, 2.24) is 10.3 Å². The SMILES string of the molecule is O=C(NCCN1N=C(c2ccccc2)CCC1=O)c1cc2ccccc2oc1=O. The maximum Gasteiger partial charge on any atom is 0.349 e. The van der Waals surface area contributed by atoms with Crippen LogP contribution < -0.4 is 10.9 Å². The van der Waals surface area contributed by atoms with Crippen molar-refractivity contribution in [3.05, 3.63) is 82.2 Å². The zero-order valence-electron chi connectivity index (χ0n) is 15.6. The van der Waals surface area contributed by atoms with Crippen LogP contribution in [0.5, 0.6) is 0 Å². The predicted molar refractivity (Wildman–Crippen MR) is 109 cm³/mol. The molecule has 2 heterocycles. The molecule has 0 bridgehead atoms. The van der Waals surface area contributed by atoms with Crippen LogP contribution in [-0.4, -0.2) is 35.6 Å². The van der Waals surface area contributed by atoms with Crippen LogP contribution in [-0.2, 0) is 4.79 Å². The fourth-order valence-electron chi connectivity index (χ4n) is 3.20. The summed E-state index contributed by atoms with van der Waals surface area (Å²) in [5, 5.41) is 9.13. The Morgan fingerprint density at radius 3 is 2.62 bits per heavy atom. The summed E-state index contributed by atoms with van der Waals surface area (Å²) >= 11 is 0. The van der Waals surface area contributed by atoms with Gasteiger partial charge in [-0.25, -0.2) is 9.80 Å². The molecule has 1 aromatic heterocycles. The summed E-state index contributed by atoms with van der Waals surface area (Å²) in [5.74, 6) is -0.634. The lowest BCUT2D eigenvalue weighted by Gasteiger charge is -2.23. The third-order valence-electron chi connectivity index (χ3n) is 4.71. The molecular formula is C22H19N3O4. The number of hydrogen-bond donors (Lipinski definition) is 1. The van der Waals surface area contributed by atoms with Crippen molar-refractivity contribution in [2.45, 2.75) is 12.8 Å². The number of amides is 2. The number of carbonyl (C=O) groups excluding carboxylic acids is 2. The van der Waals surface area contributed by atoms with E-state index in [2.05, 4.69) is 10.4 Å². The normalized spacial score (nSPS) is 14.0. The fourth-order valence-corrected chi connectivity index (χ4v) is 3.20. The lowest BCUT2D eigenvalue weighted by Crippen LogP contribution is -2.39. The van der Waals surface area contributed by atoms with Crippen LogP contribution in [0.1, 0.15) is 28.8 Å². The Labute approximate surface area is 166 Å². The van der Waals surface area contributed by atoms with Crippen molar-refractivity contribution in [3.63, 3.8) is 0 Å². The molecule has 0 radical (unpaired) electrons. The molecule has 7 heteroatoms. The molecule has 0 fully saturated rings. The zero-order valence-corrected chi connectivity index (χ0v) is 15.6. The molecule has 1 aliphatic heterocycles. The van der Waals surface area contributed by atoms with Gasteiger partial charge in [0.2, 0.25) is 5.91 Å². The summed E-state index contributed by atoms with van der Waals surface area (Å²) in [6.07, 6.45) is 0.958. The Morgan fingerprint density at radius 1 is 1.03 bits per heavy atom. The van der Waals surface area contributed by atoms with Gasteiger partial charge in [0, 0.05) is 24.8 Å². The van der Waals surface area contributed by atoms with Crippen molar-refractivity contribution in [2.75, 3.05) is 13.1 Å². The summed E-state index contributed by atoms with van der Waals surface area (Å²) in [6, 6.07) is 18.2. The van der Waals surface area contributed by atoms with E-state index < -0.39 is 11.5 Å². The minimum absolute atomic E-state index is 0.0675. The molecule has 0 atom stereocenters. The quantitative estimate of drug-likeness (QED) is 0.679. The van der Waals surface area contributed by atoms with Gasteiger partial charge in [0.05, 0.1) is 12.3 Å². The van der Waals surface area contributed by atoms with Crippen molar-refractivity contribution in [3.8, 4) is 0 Å². The molecule has 1 N–H and O–H groups in total. The van der Waals surface area contributed by atoms with Crippen LogP contribution in [0, 0.1) is 0 Å². The number of nitrogens with one attached hydrogen (secondary N) is 1. The smallest absolute Gasteiger partial charge is 0.349 e. The van der Waals surface area contributed by atoms with E-state index in [1.807, 2.05) is 30.3 Å². The third kappa shape index (κ3) is 4.08. The second kappa shape index (κ2) is 8.10. The van der Waals surface area contributed by atoms with Crippen LogP contribution in [0.15, 0.2) is 75.0 Å². The highest BCUT2D eigenvalue weighted by Gasteiger charge is 2.21. The zero-order chi connectivity index (χ0) is 20.2. The summed E-state index contributed by atoms with van der Waals surface area (Å²) in [5.41, 5.74) is 1.48. The van der Waals surface area contributed by atoms with Crippen molar-refractivity contribution in [2.24, 2.45) is 5.10 Å². The van der Waals surface area contributed by atoms with E-state index in [4.69, 9.17) is 4.42 Å². The molecule has 0 unspecified atom stereocenters. The average Bonchev–Trinajstić information content (AvgIpc) is 2.75. The molecule has 29 heavy (non-hydrogen) atoms. The van der Waals surface area contributed by atoms with Gasteiger partial charge in [0.15, 0.2) is 0 Å². The molecule has 0 spiro atoms. The Bertz CT molecular complexity index is 1150. The lowest BCUT2D eigenvalue weighted by molar-refractivity contribution is -0.131. The van der Waals surface area contributed by atoms with Gasteiger partial charge in [-0.15, -0.1) is 0 Å². The first-order valence-corrected chi connectivity index (χ1v) is 9.36. The van der Waals surface area contributed by atoms with Crippen molar-refractivity contribution >= 4 is 28.5 Å². The summed E-state index contributed by atoms with van der Waals surface area (Å²) in [7, 11) is 0. The number of fused-ring (bicyclic) bond motifs is 1. The largest absolute Gasteiger partial charge is 0.422 e. The molecule has 146 valence electrons. The maximum absolute atomic E-state index is 12.4. The van der Waals surface area contributed by atoms with E-state index >= 15 is 0 Å². The third-order valence-corrected chi connectivity index (χ3v) is 4.71. The monoisotopic (exact) mass is 389 g/mol. The van der Waals surface area contributed by atoms with Gasteiger partial charge in [-0.2, -0.15) is 5.10 Å². The van der Waals surface area contributed by atoms with Gasteiger partial charge in [-0.05, 0) is 17.7 Å². The molecule has 0 saturated heterocycles. The van der Waals surface area contributed by atoms with Gasteiger partial charge >= 0.3 is 5.63 Å². The topological polar surface area (TPSA) is 92.0 Å². The van der Waals surface area contributed by atoms with Crippen LogP contribution in [0.3, 0.4) is 0 Å². The van der Waals surface area contributed by atoms with Gasteiger partial charge in [0.1, 0.15) is 11.1 Å². The van der Waals surface area contributed by atoms with Gasteiger partial charge in [-0.1, -0.05) is 48.5 Å². The fraction of sp³-hybridized carbons (Fsp3) is 0.182. The first-order valence-electron chi connectivity index (χ1n) is 9.36. The van der Waals surface area contributed by atoms with Gasteiger partial charge < -0.3 is 9.73 Å². The minimum Gasteiger partial charge on any atom is -0.422 e. The lowest BCUT2D eigenvalue weighted by atomic mass is 10.0. The Kier molecular flexibility index (Phi) is 5.20. The average molecular weight is 389 g/mol. The summed E-state index contributed by atoms with van der Waals surface area (Å²) in [6.45, 7) is 0.391. The highest BCUT2D eigenvalue weighted by Crippen LogP contribution is 2.15. The van der Waals surface area contributed by atoms with Crippen LogP contribution in [0.25, 0.3) is 11.0 Å². The second-order valence-electron chi connectivity index (χ2n) is 6.67. The van der Waals surface area contributed by atoms with E-state index in [1.165, 1.54) is 11.1 Å². The molecular weight excluding hydrogens is 370 g/mol. The number of benzene rings is 2. The number of hydrogen-bond acceptors (Lipinski definition) is 5. The summed E-state index contributed by atoms with van der Waals surface area (Å²) < 4.78 is 5.19. The predicted octanol–water partition coefficient (Wildman–Crippen LogP) is 2.55. The van der Waals surface area contributed by atoms with Gasteiger partial charge in [0.25, 0.3) is 5.91 Å².